The summed E-state index contributed by atoms with van der Waals surface area (Å²) in [5, 5.41) is 14.8. The van der Waals surface area contributed by atoms with Gasteiger partial charge in [0.15, 0.2) is 0 Å². The van der Waals surface area contributed by atoms with Gasteiger partial charge in [0.1, 0.15) is 18.2 Å². The molecule has 0 aliphatic carbocycles. The van der Waals surface area contributed by atoms with E-state index in [2.05, 4.69) is 4.98 Å². The van der Waals surface area contributed by atoms with Gasteiger partial charge in [-0.3, -0.25) is 14.6 Å². The number of para-hydroxylation sites is 1. The molecule has 0 atom stereocenters. The summed E-state index contributed by atoms with van der Waals surface area (Å²) in [6, 6.07) is 16.9. The Labute approximate surface area is 217 Å². The minimum absolute atomic E-state index is 0.0314. The Kier molecular flexibility index (Phi) is 9.86. The molecular weight excluding hydrogens is 497 g/mol. The number of pyridine rings is 1. The molecule has 11 heteroatoms. The van der Waals surface area contributed by atoms with Gasteiger partial charge in [0.2, 0.25) is 5.91 Å². The van der Waals surface area contributed by atoms with Crippen LogP contribution < -0.4 is 4.74 Å². The highest BCUT2D eigenvalue weighted by molar-refractivity contribution is 6.27. The molecule has 0 radical (unpaired) electrons. The molecule has 1 saturated heterocycles. The van der Waals surface area contributed by atoms with Crippen LogP contribution in [0.15, 0.2) is 73.1 Å². The molecule has 0 unspecified atom stereocenters. The lowest BCUT2D eigenvalue weighted by atomic mass is 10.1. The summed E-state index contributed by atoms with van der Waals surface area (Å²) in [5.74, 6) is -3.63. The summed E-state index contributed by atoms with van der Waals surface area (Å²) in [7, 11) is 0. The van der Waals surface area contributed by atoms with E-state index >= 15 is 0 Å². The number of piperazine rings is 1. The number of rotatable bonds is 6. The summed E-state index contributed by atoms with van der Waals surface area (Å²) in [6.07, 6.45) is 3.68. The van der Waals surface area contributed by atoms with E-state index in [-0.39, 0.29) is 24.2 Å². The van der Waals surface area contributed by atoms with Crippen molar-refractivity contribution in [1.29, 1.82) is 0 Å². The van der Waals surface area contributed by atoms with Crippen LogP contribution in [0.2, 0.25) is 0 Å². The van der Waals surface area contributed by atoms with Crippen molar-refractivity contribution in [1.82, 2.24) is 14.8 Å². The van der Waals surface area contributed by atoms with E-state index in [0.29, 0.717) is 49.5 Å². The number of carboxylic acid groups (broad SMARTS) is 2. The Bertz CT molecular complexity index is 1270. The topological polar surface area (TPSA) is 137 Å². The number of amides is 2. The van der Waals surface area contributed by atoms with Gasteiger partial charge in [0, 0.05) is 38.6 Å². The van der Waals surface area contributed by atoms with E-state index in [1.54, 1.807) is 58.6 Å². The van der Waals surface area contributed by atoms with Crippen molar-refractivity contribution in [2.45, 2.75) is 13.0 Å². The van der Waals surface area contributed by atoms with Gasteiger partial charge in [-0.2, -0.15) is 0 Å². The number of carboxylic acids is 2. The van der Waals surface area contributed by atoms with Gasteiger partial charge in [-0.05, 0) is 41.5 Å². The van der Waals surface area contributed by atoms with Gasteiger partial charge in [-0.25, -0.2) is 14.0 Å². The average Bonchev–Trinajstić information content (AvgIpc) is 2.92. The number of hydrogen-bond acceptors (Lipinski definition) is 6. The molecule has 2 amide bonds. The monoisotopic (exact) mass is 523 g/mol. The van der Waals surface area contributed by atoms with Crippen LogP contribution in [0.25, 0.3) is 0 Å². The van der Waals surface area contributed by atoms with Gasteiger partial charge < -0.3 is 24.7 Å². The molecule has 1 aromatic heterocycles. The van der Waals surface area contributed by atoms with Crippen LogP contribution in [0.5, 0.6) is 5.75 Å². The predicted molar refractivity (Wildman–Crippen MR) is 133 cm³/mol. The summed E-state index contributed by atoms with van der Waals surface area (Å²) >= 11 is 0. The molecule has 38 heavy (non-hydrogen) atoms. The molecule has 4 rings (SSSR count). The summed E-state index contributed by atoms with van der Waals surface area (Å²) in [5.41, 5.74) is 2.02. The lowest BCUT2D eigenvalue weighted by Crippen LogP contribution is -2.51. The fraction of sp³-hybridized carbons (Fsp3) is 0.222. The van der Waals surface area contributed by atoms with Gasteiger partial charge in [-0.15, -0.1) is 0 Å². The molecule has 0 saturated carbocycles. The molecular formula is C27H26FN3O7. The van der Waals surface area contributed by atoms with Crippen LogP contribution in [0.3, 0.4) is 0 Å². The fourth-order valence-electron chi connectivity index (χ4n) is 3.68. The molecule has 1 fully saturated rings. The maximum Gasteiger partial charge on any atom is 0.414 e. The van der Waals surface area contributed by atoms with E-state index < -0.39 is 11.9 Å². The molecule has 198 valence electrons. The summed E-state index contributed by atoms with van der Waals surface area (Å²) in [4.78, 5) is 51.4. The van der Waals surface area contributed by atoms with Gasteiger partial charge in [-0.1, -0.05) is 30.3 Å². The van der Waals surface area contributed by atoms with Crippen molar-refractivity contribution in [2.24, 2.45) is 0 Å². The number of carbonyl (C=O) groups is 4. The number of carbonyl (C=O) groups excluding carboxylic acids is 2. The summed E-state index contributed by atoms with van der Waals surface area (Å²) in [6.45, 7) is 2.04. The van der Waals surface area contributed by atoms with E-state index in [1.807, 2.05) is 12.1 Å². The third kappa shape index (κ3) is 8.12. The first-order valence-corrected chi connectivity index (χ1v) is 11.6. The molecule has 0 bridgehead atoms. The minimum Gasteiger partial charge on any atom is -0.488 e. The van der Waals surface area contributed by atoms with Crippen molar-refractivity contribution >= 4 is 23.8 Å². The maximum atomic E-state index is 13.4. The Morgan fingerprint density at radius 3 is 2.13 bits per heavy atom. The predicted octanol–water partition coefficient (Wildman–Crippen LogP) is 2.48. The second kappa shape index (κ2) is 13.5. The van der Waals surface area contributed by atoms with Crippen LogP contribution in [-0.2, 0) is 27.4 Å². The van der Waals surface area contributed by atoms with Gasteiger partial charge >= 0.3 is 11.9 Å². The van der Waals surface area contributed by atoms with E-state index in [0.717, 1.165) is 5.56 Å². The fourth-order valence-corrected chi connectivity index (χ4v) is 3.68. The van der Waals surface area contributed by atoms with Crippen LogP contribution in [0, 0.1) is 5.82 Å². The van der Waals surface area contributed by atoms with E-state index in [9.17, 15) is 14.0 Å². The first kappa shape index (κ1) is 27.8. The third-order valence-electron chi connectivity index (χ3n) is 5.58. The quantitative estimate of drug-likeness (QED) is 0.470. The van der Waals surface area contributed by atoms with Gasteiger partial charge in [0.25, 0.3) is 5.91 Å². The second-order valence-corrected chi connectivity index (χ2v) is 8.24. The van der Waals surface area contributed by atoms with Crippen molar-refractivity contribution in [3.8, 4) is 5.75 Å². The second-order valence-electron chi connectivity index (χ2n) is 8.24. The van der Waals surface area contributed by atoms with Crippen molar-refractivity contribution in [3.05, 3.63) is 95.6 Å². The molecule has 2 aromatic carbocycles. The zero-order valence-electron chi connectivity index (χ0n) is 20.3. The van der Waals surface area contributed by atoms with Crippen LogP contribution in [0.4, 0.5) is 4.39 Å². The number of benzene rings is 2. The smallest absolute Gasteiger partial charge is 0.414 e. The Morgan fingerprint density at radius 2 is 1.50 bits per heavy atom. The lowest BCUT2D eigenvalue weighted by molar-refractivity contribution is -0.159. The number of aromatic nitrogens is 1. The number of hydrogen-bond donors (Lipinski definition) is 2. The van der Waals surface area contributed by atoms with Crippen molar-refractivity contribution in [3.63, 3.8) is 0 Å². The first-order valence-electron chi connectivity index (χ1n) is 11.6. The molecule has 2 heterocycles. The zero-order valence-corrected chi connectivity index (χ0v) is 20.3. The minimum atomic E-state index is -1.82. The first-order chi connectivity index (χ1) is 18.2. The SMILES string of the molecule is O=C(Cc1cccnc1)N1CCN(C(=O)c2ccccc2OCc2cccc(F)c2)CC1.O=C(O)C(=O)O. The van der Waals surface area contributed by atoms with Crippen LogP contribution >= 0.6 is 0 Å². The number of ether oxygens (including phenoxy) is 1. The van der Waals surface area contributed by atoms with Crippen LogP contribution in [-0.4, -0.2) is 74.9 Å². The number of nitrogens with zero attached hydrogens (tertiary/aromatic N) is 3. The van der Waals surface area contributed by atoms with Crippen molar-refractivity contribution in [2.75, 3.05) is 26.2 Å². The molecule has 0 spiro atoms. The van der Waals surface area contributed by atoms with Crippen LogP contribution in [0.1, 0.15) is 21.5 Å². The van der Waals surface area contributed by atoms with Crippen molar-refractivity contribution < 1.29 is 38.5 Å². The largest absolute Gasteiger partial charge is 0.488 e. The highest BCUT2D eigenvalue weighted by atomic mass is 19.1. The molecule has 10 nitrogen and oxygen atoms in total. The molecule has 1 aliphatic rings. The molecule has 2 N–H and O–H groups in total. The number of aliphatic carboxylic acids is 2. The van der Waals surface area contributed by atoms with E-state index in [1.165, 1.54) is 12.1 Å². The third-order valence-corrected chi connectivity index (χ3v) is 5.58. The molecule has 3 aromatic rings. The van der Waals surface area contributed by atoms with Gasteiger partial charge in [0.05, 0.1) is 12.0 Å². The Morgan fingerprint density at radius 1 is 0.842 bits per heavy atom. The average molecular weight is 524 g/mol. The highest BCUT2D eigenvalue weighted by Gasteiger charge is 2.26. The Balaban J connectivity index is 0.000000599. The number of halogens is 1. The summed E-state index contributed by atoms with van der Waals surface area (Å²) < 4.78 is 19.2. The standard InChI is InChI=1S/C25H24FN3O3.C2H2O4/c26-21-7-3-5-20(15-21)18-32-23-9-2-1-8-22(23)25(31)29-13-11-28(12-14-29)24(30)16-19-6-4-10-27-17-19;3-1(4)2(5)6/h1-10,15,17H,11-14,16,18H2;(H,3,4)(H,5,6). The zero-order chi connectivity index (χ0) is 27.5. The van der Waals surface area contributed by atoms with E-state index in [4.69, 9.17) is 24.5 Å². The Hall–Kier alpha value is -4.80. The highest BCUT2D eigenvalue weighted by Crippen LogP contribution is 2.22. The lowest BCUT2D eigenvalue weighted by Gasteiger charge is -2.35. The normalized spacial score (nSPS) is 12.7. The molecule has 1 aliphatic heterocycles. The maximum absolute atomic E-state index is 13.4.